The van der Waals surface area contributed by atoms with Crippen molar-refractivity contribution in [3.05, 3.63) is 43.0 Å². The van der Waals surface area contributed by atoms with Gasteiger partial charge in [0.05, 0.1) is 0 Å². The van der Waals surface area contributed by atoms with E-state index in [1.54, 1.807) is 24.7 Å². The Kier molecular flexibility index (Phi) is 1.71. The van der Waals surface area contributed by atoms with Crippen molar-refractivity contribution in [2.24, 2.45) is 0 Å². The summed E-state index contributed by atoms with van der Waals surface area (Å²) in [5.41, 5.74) is 1.85. The van der Waals surface area contributed by atoms with Gasteiger partial charge in [-0.05, 0) is 18.2 Å². The first kappa shape index (κ1) is 8.11. The third-order valence-corrected chi connectivity index (χ3v) is 2.26. The molecular formula is C11H8N4. The minimum Gasteiger partial charge on any atom is -0.345 e. The van der Waals surface area contributed by atoms with Gasteiger partial charge in [0.1, 0.15) is 5.65 Å². The molecule has 3 rings (SSSR count). The highest BCUT2D eigenvalue weighted by molar-refractivity contribution is 5.91. The van der Waals surface area contributed by atoms with Gasteiger partial charge in [0.15, 0.2) is 5.82 Å². The molecule has 0 aliphatic rings. The van der Waals surface area contributed by atoms with E-state index in [0.717, 1.165) is 22.4 Å². The van der Waals surface area contributed by atoms with Crippen LogP contribution in [0.25, 0.3) is 22.4 Å². The highest BCUT2D eigenvalue weighted by atomic mass is 14.9. The van der Waals surface area contributed by atoms with Gasteiger partial charge in [0.2, 0.25) is 0 Å². The van der Waals surface area contributed by atoms with Crippen LogP contribution in [-0.2, 0) is 0 Å². The smallest absolute Gasteiger partial charge is 0.161 e. The Labute approximate surface area is 86.0 Å². The van der Waals surface area contributed by atoms with Crippen LogP contribution in [0.3, 0.4) is 0 Å². The molecule has 0 unspecified atom stereocenters. The lowest BCUT2D eigenvalue weighted by Crippen LogP contribution is -1.84. The molecule has 0 aliphatic heterocycles. The third kappa shape index (κ3) is 1.27. The minimum atomic E-state index is 0.719. The first-order valence-corrected chi connectivity index (χ1v) is 4.64. The predicted octanol–water partition coefficient (Wildman–Crippen LogP) is 2.02. The van der Waals surface area contributed by atoms with Crippen molar-refractivity contribution in [1.29, 1.82) is 0 Å². The van der Waals surface area contributed by atoms with Gasteiger partial charge in [-0.3, -0.25) is 0 Å². The standard InChI is InChI=1S/C11H8N4/c1-3-8-9(7-15-10(8)12-4-1)11-13-5-2-6-14-11/h1-7H,(H,12,15). The average molecular weight is 196 g/mol. The fourth-order valence-corrected chi connectivity index (χ4v) is 1.58. The fourth-order valence-electron chi connectivity index (χ4n) is 1.58. The van der Waals surface area contributed by atoms with Gasteiger partial charge in [0, 0.05) is 35.7 Å². The lowest BCUT2D eigenvalue weighted by atomic mass is 10.2. The first-order chi connectivity index (χ1) is 7.45. The van der Waals surface area contributed by atoms with E-state index in [-0.39, 0.29) is 0 Å². The zero-order chi connectivity index (χ0) is 10.1. The second-order valence-corrected chi connectivity index (χ2v) is 3.17. The van der Waals surface area contributed by atoms with Gasteiger partial charge in [-0.2, -0.15) is 0 Å². The van der Waals surface area contributed by atoms with Gasteiger partial charge >= 0.3 is 0 Å². The number of nitrogens with one attached hydrogen (secondary N) is 1. The Morgan fingerprint density at radius 1 is 0.933 bits per heavy atom. The summed E-state index contributed by atoms with van der Waals surface area (Å²) in [4.78, 5) is 15.7. The summed E-state index contributed by atoms with van der Waals surface area (Å²) < 4.78 is 0. The Balaban J connectivity index is 2.28. The molecule has 0 bridgehead atoms. The molecule has 0 aromatic carbocycles. The summed E-state index contributed by atoms with van der Waals surface area (Å²) in [7, 11) is 0. The zero-order valence-electron chi connectivity index (χ0n) is 7.88. The van der Waals surface area contributed by atoms with E-state index < -0.39 is 0 Å². The number of nitrogens with zero attached hydrogens (tertiary/aromatic N) is 3. The summed E-state index contributed by atoms with van der Waals surface area (Å²) in [6.45, 7) is 0. The molecule has 0 amide bonds. The topological polar surface area (TPSA) is 54.5 Å². The van der Waals surface area contributed by atoms with E-state index in [9.17, 15) is 0 Å². The van der Waals surface area contributed by atoms with Gasteiger partial charge < -0.3 is 4.98 Å². The normalized spacial score (nSPS) is 10.7. The number of hydrogen-bond acceptors (Lipinski definition) is 3. The van der Waals surface area contributed by atoms with Crippen molar-refractivity contribution in [3.8, 4) is 11.4 Å². The molecule has 0 saturated carbocycles. The largest absolute Gasteiger partial charge is 0.345 e. The quantitative estimate of drug-likeness (QED) is 0.647. The van der Waals surface area contributed by atoms with E-state index in [2.05, 4.69) is 19.9 Å². The van der Waals surface area contributed by atoms with Gasteiger partial charge in [0.25, 0.3) is 0 Å². The maximum absolute atomic E-state index is 4.22. The molecule has 0 saturated heterocycles. The van der Waals surface area contributed by atoms with Crippen molar-refractivity contribution < 1.29 is 0 Å². The maximum atomic E-state index is 4.22. The Bertz CT molecular complexity index is 586. The fraction of sp³-hybridized carbons (Fsp3) is 0. The molecule has 1 N–H and O–H groups in total. The van der Waals surface area contributed by atoms with E-state index in [1.807, 2.05) is 18.3 Å². The highest BCUT2D eigenvalue weighted by Gasteiger charge is 2.07. The second-order valence-electron chi connectivity index (χ2n) is 3.17. The molecular weight excluding hydrogens is 188 g/mol. The molecule has 15 heavy (non-hydrogen) atoms. The van der Waals surface area contributed by atoms with E-state index >= 15 is 0 Å². The molecule has 4 nitrogen and oxygen atoms in total. The summed E-state index contributed by atoms with van der Waals surface area (Å²) in [6.07, 6.45) is 7.11. The Hall–Kier alpha value is -2.23. The minimum absolute atomic E-state index is 0.719. The summed E-state index contributed by atoms with van der Waals surface area (Å²) in [5.74, 6) is 0.719. The van der Waals surface area contributed by atoms with Crippen LogP contribution in [0.5, 0.6) is 0 Å². The van der Waals surface area contributed by atoms with Crippen LogP contribution in [0, 0.1) is 0 Å². The van der Waals surface area contributed by atoms with Gasteiger partial charge in [-0.1, -0.05) is 0 Å². The Morgan fingerprint density at radius 2 is 1.73 bits per heavy atom. The number of rotatable bonds is 1. The van der Waals surface area contributed by atoms with Gasteiger partial charge in [-0.15, -0.1) is 0 Å². The number of H-pyrrole nitrogens is 1. The molecule has 0 radical (unpaired) electrons. The predicted molar refractivity (Wildman–Crippen MR) is 57.1 cm³/mol. The number of hydrogen-bond donors (Lipinski definition) is 1. The molecule has 0 fully saturated rings. The van der Waals surface area contributed by atoms with Crippen molar-refractivity contribution in [2.45, 2.75) is 0 Å². The van der Waals surface area contributed by atoms with Crippen molar-refractivity contribution in [2.75, 3.05) is 0 Å². The molecule has 0 spiro atoms. The molecule has 3 aromatic rings. The molecule has 3 heterocycles. The molecule has 4 heteroatoms. The lowest BCUT2D eigenvalue weighted by Gasteiger charge is -1.95. The highest BCUT2D eigenvalue weighted by Crippen LogP contribution is 2.23. The molecule has 3 aromatic heterocycles. The number of pyridine rings is 1. The van der Waals surface area contributed by atoms with Crippen LogP contribution in [0.2, 0.25) is 0 Å². The van der Waals surface area contributed by atoms with Crippen LogP contribution in [0.15, 0.2) is 43.0 Å². The van der Waals surface area contributed by atoms with Crippen molar-refractivity contribution >= 4 is 11.0 Å². The summed E-state index contributed by atoms with van der Waals surface area (Å²) >= 11 is 0. The monoisotopic (exact) mass is 196 g/mol. The Morgan fingerprint density at radius 3 is 2.60 bits per heavy atom. The van der Waals surface area contributed by atoms with Gasteiger partial charge in [-0.25, -0.2) is 15.0 Å². The van der Waals surface area contributed by atoms with Crippen LogP contribution in [-0.4, -0.2) is 19.9 Å². The number of fused-ring (bicyclic) bond motifs is 1. The van der Waals surface area contributed by atoms with Crippen molar-refractivity contribution in [3.63, 3.8) is 0 Å². The summed E-state index contributed by atoms with van der Waals surface area (Å²) in [5, 5.41) is 1.05. The van der Waals surface area contributed by atoms with E-state index in [4.69, 9.17) is 0 Å². The van der Waals surface area contributed by atoms with Crippen LogP contribution in [0.1, 0.15) is 0 Å². The van der Waals surface area contributed by atoms with Crippen LogP contribution >= 0.6 is 0 Å². The van der Waals surface area contributed by atoms with Crippen LogP contribution in [0.4, 0.5) is 0 Å². The second kappa shape index (κ2) is 3.16. The van der Waals surface area contributed by atoms with E-state index in [1.165, 1.54) is 0 Å². The summed E-state index contributed by atoms with van der Waals surface area (Å²) in [6, 6.07) is 5.71. The van der Waals surface area contributed by atoms with E-state index in [0.29, 0.717) is 0 Å². The molecule has 0 atom stereocenters. The lowest BCUT2D eigenvalue weighted by molar-refractivity contribution is 1.18. The third-order valence-electron chi connectivity index (χ3n) is 2.26. The number of aromatic nitrogens is 4. The zero-order valence-corrected chi connectivity index (χ0v) is 7.88. The molecule has 72 valence electrons. The number of aromatic amines is 1. The first-order valence-electron chi connectivity index (χ1n) is 4.64. The maximum Gasteiger partial charge on any atom is 0.161 e. The SMILES string of the molecule is c1cnc(-c2c[nH]c3ncccc23)nc1. The van der Waals surface area contributed by atoms with Crippen molar-refractivity contribution in [1.82, 2.24) is 19.9 Å². The van der Waals surface area contributed by atoms with Crippen LogP contribution < -0.4 is 0 Å². The molecule has 0 aliphatic carbocycles. The average Bonchev–Trinajstić information content (AvgIpc) is 2.74.